The van der Waals surface area contributed by atoms with Crippen molar-refractivity contribution in [2.24, 2.45) is 10.7 Å². The van der Waals surface area contributed by atoms with Crippen LogP contribution in [0, 0.1) is 0 Å². The second-order valence-corrected chi connectivity index (χ2v) is 8.97. The molecule has 1 aromatic heterocycles. The number of amides is 2. The fourth-order valence-electron chi connectivity index (χ4n) is 3.95. The van der Waals surface area contributed by atoms with Crippen LogP contribution in [-0.4, -0.2) is 46.8 Å². The predicted molar refractivity (Wildman–Crippen MR) is 121 cm³/mol. The molecule has 0 saturated carbocycles. The molecule has 0 spiro atoms. The summed E-state index contributed by atoms with van der Waals surface area (Å²) in [7, 11) is 0. The first-order chi connectivity index (χ1) is 14.7. The van der Waals surface area contributed by atoms with Gasteiger partial charge in [0.25, 0.3) is 5.91 Å². The van der Waals surface area contributed by atoms with E-state index in [4.69, 9.17) is 10.5 Å². The van der Waals surface area contributed by atoms with Crippen molar-refractivity contribution in [3.05, 3.63) is 52.7 Å². The number of H-pyrrole nitrogens is 1. The number of dihydropyridines is 1. The van der Waals surface area contributed by atoms with Gasteiger partial charge in [-0.1, -0.05) is 12.1 Å². The number of allylic oxidation sites excluding steroid dienone is 1. The van der Waals surface area contributed by atoms with Gasteiger partial charge in [0.1, 0.15) is 5.60 Å². The number of nitrogens with zero attached hydrogens (tertiary/aromatic N) is 2. The molecule has 0 bridgehead atoms. The highest BCUT2D eigenvalue weighted by molar-refractivity contribution is 6.01. The smallest absolute Gasteiger partial charge is 0.410 e. The summed E-state index contributed by atoms with van der Waals surface area (Å²) < 4.78 is 5.53. The molecule has 0 radical (unpaired) electrons. The van der Waals surface area contributed by atoms with E-state index in [1.54, 1.807) is 11.1 Å². The Morgan fingerprint density at radius 1 is 1.16 bits per heavy atom. The average Bonchev–Trinajstić information content (AvgIpc) is 3.18. The predicted octanol–water partition coefficient (Wildman–Crippen LogP) is 3.93. The van der Waals surface area contributed by atoms with Gasteiger partial charge in [-0.15, -0.1) is 0 Å². The number of aromatic nitrogens is 1. The Kier molecular flexibility index (Phi) is 5.43. The van der Waals surface area contributed by atoms with Crippen molar-refractivity contribution in [1.82, 2.24) is 9.88 Å². The highest BCUT2D eigenvalue weighted by atomic mass is 16.6. The van der Waals surface area contributed by atoms with Gasteiger partial charge < -0.3 is 20.4 Å². The third-order valence-corrected chi connectivity index (χ3v) is 5.48. The molecule has 0 saturated heterocycles. The lowest BCUT2D eigenvalue weighted by atomic mass is 9.95. The number of rotatable bonds is 3. The number of carbonyl (C=O) groups is 2. The van der Waals surface area contributed by atoms with Crippen LogP contribution in [0.2, 0.25) is 0 Å². The molecule has 2 aliphatic heterocycles. The molecular formula is C24H28N4O3. The fraction of sp³-hybridized carbons (Fsp3) is 0.375. The van der Waals surface area contributed by atoms with Crippen molar-refractivity contribution in [2.75, 3.05) is 13.1 Å². The van der Waals surface area contributed by atoms with Crippen molar-refractivity contribution in [2.45, 2.75) is 45.8 Å². The molecule has 4 rings (SSSR count). The maximum Gasteiger partial charge on any atom is 0.410 e. The summed E-state index contributed by atoms with van der Waals surface area (Å²) in [6, 6.07) is 7.91. The Morgan fingerprint density at radius 2 is 1.97 bits per heavy atom. The summed E-state index contributed by atoms with van der Waals surface area (Å²) in [5.74, 6) is -0.476. The van der Waals surface area contributed by atoms with Gasteiger partial charge in [0, 0.05) is 31.5 Å². The van der Waals surface area contributed by atoms with E-state index in [-0.39, 0.29) is 6.09 Å². The lowest BCUT2D eigenvalue weighted by molar-refractivity contribution is 0.0224. The second-order valence-electron chi connectivity index (χ2n) is 8.97. The quantitative estimate of drug-likeness (QED) is 0.787. The van der Waals surface area contributed by atoms with Crippen molar-refractivity contribution in [3.63, 3.8) is 0 Å². The zero-order valence-corrected chi connectivity index (χ0v) is 18.2. The van der Waals surface area contributed by atoms with Gasteiger partial charge in [-0.05, 0) is 74.1 Å². The van der Waals surface area contributed by atoms with Crippen molar-refractivity contribution in [3.8, 4) is 11.3 Å². The molecule has 7 heteroatoms. The molecule has 0 fully saturated rings. The second kappa shape index (κ2) is 8.06. The number of aromatic amines is 1. The van der Waals surface area contributed by atoms with E-state index in [1.165, 1.54) is 5.56 Å². The van der Waals surface area contributed by atoms with Gasteiger partial charge >= 0.3 is 6.09 Å². The topological polar surface area (TPSA) is 101 Å². The summed E-state index contributed by atoms with van der Waals surface area (Å²) in [5, 5.41) is 0. The SMILES string of the molecule is CC(C)(C)OC(=O)N1CCc2ccc(-c3[nH]c(C4=CC=NCC4)cc3C(N)=O)cc2C1. The number of carbonyl (C=O) groups excluding carboxylic acids is 2. The van der Waals surface area contributed by atoms with Crippen LogP contribution in [0.25, 0.3) is 16.8 Å². The summed E-state index contributed by atoms with van der Waals surface area (Å²) in [4.78, 5) is 34.0. The van der Waals surface area contributed by atoms with Gasteiger partial charge in [-0.25, -0.2) is 4.79 Å². The Bertz CT molecular complexity index is 1090. The molecule has 2 aliphatic rings. The first kappa shape index (κ1) is 20.9. The number of nitrogens with two attached hydrogens (primary N) is 1. The van der Waals surface area contributed by atoms with Crippen LogP contribution in [0.5, 0.6) is 0 Å². The molecule has 162 valence electrons. The Labute approximate surface area is 182 Å². The zero-order chi connectivity index (χ0) is 22.2. The minimum absolute atomic E-state index is 0.311. The maximum atomic E-state index is 12.5. The van der Waals surface area contributed by atoms with E-state index >= 15 is 0 Å². The molecule has 0 unspecified atom stereocenters. The Balaban J connectivity index is 1.65. The minimum atomic E-state index is -0.533. The summed E-state index contributed by atoms with van der Waals surface area (Å²) in [6.07, 6.45) is 5.00. The molecule has 0 aliphatic carbocycles. The Hall–Kier alpha value is -3.35. The normalized spacial score (nSPS) is 16.0. The fourth-order valence-corrected chi connectivity index (χ4v) is 3.95. The average molecular weight is 421 g/mol. The number of aliphatic imine (C=N–C) groups is 1. The zero-order valence-electron chi connectivity index (χ0n) is 18.2. The minimum Gasteiger partial charge on any atom is -0.444 e. The first-order valence-corrected chi connectivity index (χ1v) is 10.5. The van der Waals surface area contributed by atoms with Crippen LogP contribution in [0.4, 0.5) is 4.79 Å². The van der Waals surface area contributed by atoms with E-state index in [9.17, 15) is 9.59 Å². The van der Waals surface area contributed by atoms with Crippen LogP contribution in [0.3, 0.4) is 0 Å². The van der Waals surface area contributed by atoms with Crippen molar-refractivity contribution >= 4 is 23.8 Å². The van der Waals surface area contributed by atoms with Gasteiger partial charge in [0.2, 0.25) is 0 Å². The number of primary amides is 1. The van der Waals surface area contributed by atoms with Crippen molar-refractivity contribution in [1.29, 1.82) is 0 Å². The van der Waals surface area contributed by atoms with E-state index in [0.29, 0.717) is 24.3 Å². The standard InChI is InChI=1S/C24H28N4O3/c1-24(2,3)31-23(30)28-11-8-15-4-5-17(12-18(15)14-28)21-19(22(25)29)13-20(27-21)16-6-9-26-10-7-16/h4-6,9,12-13,27H,7-8,10-11,14H2,1-3H3,(H2,25,29). The first-order valence-electron chi connectivity index (χ1n) is 10.5. The maximum absolute atomic E-state index is 12.5. The lowest BCUT2D eigenvalue weighted by Gasteiger charge is -2.31. The molecule has 1 aromatic carbocycles. The molecule has 7 nitrogen and oxygen atoms in total. The Morgan fingerprint density at radius 3 is 2.65 bits per heavy atom. The number of hydrogen-bond donors (Lipinski definition) is 2. The van der Waals surface area contributed by atoms with Crippen LogP contribution in [-0.2, 0) is 17.7 Å². The van der Waals surface area contributed by atoms with Gasteiger partial charge in [0.15, 0.2) is 0 Å². The van der Waals surface area contributed by atoms with Crippen molar-refractivity contribution < 1.29 is 14.3 Å². The van der Waals surface area contributed by atoms with Gasteiger partial charge in [-0.2, -0.15) is 0 Å². The van der Waals surface area contributed by atoms with E-state index in [1.807, 2.05) is 45.0 Å². The van der Waals surface area contributed by atoms with Crippen LogP contribution in [0.15, 0.2) is 35.3 Å². The molecule has 2 aromatic rings. The molecule has 3 N–H and O–H groups in total. The lowest BCUT2D eigenvalue weighted by Crippen LogP contribution is -2.39. The van der Waals surface area contributed by atoms with E-state index in [2.05, 4.69) is 16.0 Å². The van der Waals surface area contributed by atoms with Gasteiger partial charge in [0.05, 0.1) is 11.3 Å². The van der Waals surface area contributed by atoms with E-state index in [0.717, 1.165) is 41.8 Å². The third-order valence-electron chi connectivity index (χ3n) is 5.48. The highest BCUT2D eigenvalue weighted by Crippen LogP contribution is 2.31. The summed E-state index contributed by atoms with van der Waals surface area (Å²) in [5.41, 5.74) is 11.4. The number of fused-ring (bicyclic) bond motifs is 1. The van der Waals surface area contributed by atoms with Crippen LogP contribution >= 0.6 is 0 Å². The molecule has 2 amide bonds. The monoisotopic (exact) mass is 420 g/mol. The third kappa shape index (κ3) is 4.55. The molecule has 0 atom stereocenters. The largest absolute Gasteiger partial charge is 0.444 e. The number of hydrogen-bond acceptors (Lipinski definition) is 4. The molecule has 31 heavy (non-hydrogen) atoms. The number of nitrogens with one attached hydrogen (secondary N) is 1. The summed E-state index contributed by atoms with van der Waals surface area (Å²) >= 11 is 0. The number of benzene rings is 1. The summed E-state index contributed by atoms with van der Waals surface area (Å²) in [6.45, 7) is 7.41. The molecular weight excluding hydrogens is 392 g/mol. The number of ether oxygens (including phenoxy) is 1. The van der Waals surface area contributed by atoms with Crippen LogP contribution < -0.4 is 5.73 Å². The highest BCUT2D eigenvalue weighted by Gasteiger charge is 2.26. The molecule has 3 heterocycles. The van der Waals surface area contributed by atoms with E-state index < -0.39 is 11.5 Å². The van der Waals surface area contributed by atoms with Crippen LogP contribution in [0.1, 0.15) is 54.4 Å². The van der Waals surface area contributed by atoms with Gasteiger partial charge in [-0.3, -0.25) is 9.79 Å².